The third-order valence-corrected chi connectivity index (χ3v) is 8.26. The Morgan fingerprint density at radius 3 is 1.38 bits per heavy atom. The van der Waals surface area contributed by atoms with E-state index >= 15 is 0 Å². The lowest BCUT2D eigenvalue weighted by molar-refractivity contribution is 0.144. The van der Waals surface area contributed by atoms with Gasteiger partial charge in [0.1, 0.15) is 11.7 Å². The zero-order valence-corrected chi connectivity index (χ0v) is 23.1. The van der Waals surface area contributed by atoms with Gasteiger partial charge in [-0.15, -0.1) is 24.8 Å². The molecule has 0 fully saturated rings. The lowest BCUT2D eigenvalue weighted by Crippen LogP contribution is -2.30. The minimum absolute atomic E-state index is 0. The van der Waals surface area contributed by atoms with Gasteiger partial charge in [-0.1, -0.05) is 0 Å². The Morgan fingerprint density at radius 1 is 0.676 bits per heavy atom. The molecule has 0 amide bonds. The Kier molecular flexibility index (Phi) is 11.8. The fourth-order valence-corrected chi connectivity index (χ4v) is 5.56. The standard InChI is InChI=1S/C22H28N6O5S2.2ClH/c29-34(30,19-5-1-17(2-6-19)21-23-9-10-24-21)27-13-15-33-16-14-28-35(31,32)20-7-3-18(4-8-20)22-25-11-12-26-22;;/h1-8,27-28H,9-16H2,(H,23,24)(H,25,26);2*1H. The van der Waals surface area contributed by atoms with Crippen molar-refractivity contribution >= 4 is 56.5 Å². The lowest BCUT2D eigenvalue weighted by Gasteiger charge is -2.10. The molecular weight excluding hydrogens is 563 g/mol. The Bertz CT molecular complexity index is 1200. The second kappa shape index (κ2) is 14.0. The minimum Gasteiger partial charge on any atom is -0.379 e. The molecule has 11 nitrogen and oxygen atoms in total. The van der Waals surface area contributed by atoms with E-state index in [9.17, 15) is 16.8 Å². The van der Waals surface area contributed by atoms with Crippen molar-refractivity contribution in [1.29, 1.82) is 0 Å². The molecule has 0 spiro atoms. The van der Waals surface area contributed by atoms with Crippen LogP contribution in [0.25, 0.3) is 0 Å². The SMILES string of the molecule is Cl.Cl.O=S(=O)(NCCOCCNS(=O)(=O)c1ccc(C2=NCCN2)cc1)c1ccc(C2=NCCN2)cc1. The predicted octanol–water partition coefficient (Wildman–Crippen LogP) is 0.503. The summed E-state index contributed by atoms with van der Waals surface area (Å²) in [6, 6.07) is 13.0. The van der Waals surface area contributed by atoms with Gasteiger partial charge in [-0.2, -0.15) is 0 Å². The largest absolute Gasteiger partial charge is 0.379 e. The molecule has 37 heavy (non-hydrogen) atoms. The van der Waals surface area contributed by atoms with Crippen molar-refractivity contribution in [3.63, 3.8) is 0 Å². The fourth-order valence-electron chi connectivity index (χ4n) is 3.53. The Balaban J connectivity index is 0.00000241. The highest BCUT2D eigenvalue weighted by atomic mass is 35.5. The van der Waals surface area contributed by atoms with E-state index in [1.54, 1.807) is 24.3 Å². The number of halogens is 2. The van der Waals surface area contributed by atoms with Crippen molar-refractivity contribution in [1.82, 2.24) is 20.1 Å². The molecule has 2 aromatic rings. The van der Waals surface area contributed by atoms with Crippen molar-refractivity contribution in [2.24, 2.45) is 9.98 Å². The number of nitrogens with one attached hydrogen (secondary N) is 4. The summed E-state index contributed by atoms with van der Waals surface area (Å²) in [5.74, 6) is 1.53. The van der Waals surface area contributed by atoms with Crippen LogP contribution in [0.5, 0.6) is 0 Å². The number of ether oxygens (including phenoxy) is 1. The van der Waals surface area contributed by atoms with E-state index in [0.29, 0.717) is 13.1 Å². The number of benzene rings is 2. The van der Waals surface area contributed by atoms with Crippen LogP contribution in [0.2, 0.25) is 0 Å². The highest BCUT2D eigenvalue weighted by molar-refractivity contribution is 7.89. The normalized spacial score (nSPS) is 15.0. The van der Waals surface area contributed by atoms with E-state index < -0.39 is 20.0 Å². The second-order valence-electron chi connectivity index (χ2n) is 7.77. The Morgan fingerprint density at radius 2 is 1.05 bits per heavy atom. The van der Waals surface area contributed by atoms with Crippen LogP contribution in [0.1, 0.15) is 11.1 Å². The molecule has 0 aliphatic carbocycles. The zero-order valence-electron chi connectivity index (χ0n) is 19.8. The first-order valence-electron chi connectivity index (χ1n) is 11.2. The third kappa shape index (κ3) is 8.37. The fraction of sp³-hybridized carbons (Fsp3) is 0.364. The summed E-state index contributed by atoms with van der Waals surface area (Å²) in [6.45, 7) is 3.29. The summed E-state index contributed by atoms with van der Waals surface area (Å²) in [4.78, 5) is 8.91. The number of amidine groups is 2. The number of aliphatic imine (C=N–C) groups is 2. The molecule has 2 aliphatic rings. The van der Waals surface area contributed by atoms with E-state index in [-0.39, 0.29) is 60.9 Å². The van der Waals surface area contributed by atoms with Gasteiger partial charge < -0.3 is 15.4 Å². The van der Waals surface area contributed by atoms with Crippen LogP contribution < -0.4 is 20.1 Å². The maximum absolute atomic E-state index is 12.4. The molecule has 204 valence electrons. The molecule has 0 aromatic heterocycles. The van der Waals surface area contributed by atoms with Crippen LogP contribution in [0, 0.1) is 0 Å². The Hall–Kier alpha value is -2.26. The summed E-state index contributed by atoms with van der Waals surface area (Å²) < 4.78 is 60.1. The van der Waals surface area contributed by atoms with Crippen molar-refractivity contribution in [3.8, 4) is 0 Å². The highest BCUT2D eigenvalue weighted by Crippen LogP contribution is 2.13. The second-order valence-corrected chi connectivity index (χ2v) is 11.3. The quantitative estimate of drug-likeness (QED) is 0.262. The monoisotopic (exact) mass is 592 g/mol. The van der Waals surface area contributed by atoms with Crippen LogP contribution in [0.4, 0.5) is 0 Å². The van der Waals surface area contributed by atoms with Gasteiger partial charge in [0.05, 0.1) is 36.1 Å². The average Bonchev–Trinajstić information content (AvgIpc) is 3.58. The van der Waals surface area contributed by atoms with Crippen molar-refractivity contribution in [3.05, 3.63) is 59.7 Å². The molecule has 0 bridgehead atoms. The topological polar surface area (TPSA) is 150 Å². The van der Waals surface area contributed by atoms with Crippen LogP contribution >= 0.6 is 24.8 Å². The molecule has 0 radical (unpaired) electrons. The van der Waals surface area contributed by atoms with Crippen molar-refractivity contribution in [2.75, 3.05) is 52.5 Å². The van der Waals surface area contributed by atoms with E-state index in [1.165, 1.54) is 24.3 Å². The molecular formula is C22H30Cl2N6O5S2. The van der Waals surface area contributed by atoms with Gasteiger partial charge in [0.15, 0.2) is 0 Å². The highest BCUT2D eigenvalue weighted by Gasteiger charge is 2.16. The number of rotatable bonds is 12. The molecule has 0 saturated carbocycles. The third-order valence-electron chi connectivity index (χ3n) is 5.30. The maximum atomic E-state index is 12.4. The molecule has 0 atom stereocenters. The number of hydrogen-bond donors (Lipinski definition) is 4. The first-order valence-corrected chi connectivity index (χ1v) is 14.2. The number of nitrogens with zero attached hydrogens (tertiary/aromatic N) is 2. The summed E-state index contributed by atoms with van der Waals surface area (Å²) in [7, 11) is -7.35. The van der Waals surface area contributed by atoms with Crippen molar-refractivity contribution < 1.29 is 21.6 Å². The van der Waals surface area contributed by atoms with Crippen molar-refractivity contribution in [2.45, 2.75) is 9.79 Å². The first-order chi connectivity index (χ1) is 16.9. The molecule has 2 aromatic carbocycles. The molecule has 0 saturated heterocycles. The molecule has 4 N–H and O–H groups in total. The predicted molar refractivity (Wildman–Crippen MR) is 147 cm³/mol. The van der Waals surface area contributed by atoms with E-state index in [1.807, 2.05) is 0 Å². The van der Waals surface area contributed by atoms with E-state index in [2.05, 4.69) is 30.1 Å². The molecule has 0 unspecified atom stereocenters. The zero-order chi connectivity index (χ0) is 24.7. The van der Waals surface area contributed by atoms with Crippen LogP contribution in [0.15, 0.2) is 68.3 Å². The van der Waals surface area contributed by atoms with Gasteiger partial charge >= 0.3 is 0 Å². The molecule has 15 heteroatoms. The van der Waals surface area contributed by atoms with Crippen LogP contribution in [-0.2, 0) is 24.8 Å². The van der Waals surface area contributed by atoms with Gasteiger partial charge in [0, 0.05) is 37.3 Å². The maximum Gasteiger partial charge on any atom is 0.240 e. The minimum atomic E-state index is -3.68. The van der Waals surface area contributed by atoms with Crippen LogP contribution in [-0.4, -0.2) is 81.0 Å². The van der Waals surface area contributed by atoms with Gasteiger partial charge in [-0.05, 0) is 48.5 Å². The Labute approximate surface area is 229 Å². The summed E-state index contributed by atoms with van der Waals surface area (Å²) >= 11 is 0. The van der Waals surface area contributed by atoms with E-state index in [0.717, 1.165) is 35.9 Å². The number of sulfonamides is 2. The number of hydrogen-bond acceptors (Lipinski definition) is 9. The average molecular weight is 594 g/mol. The molecule has 2 aliphatic heterocycles. The van der Waals surface area contributed by atoms with E-state index in [4.69, 9.17) is 4.74 Å². The van der Waals surface area contributed by atoms with Gasteiger partial charge in [0.25, 0.3) is 0 Å². The summed E-state index contributed by atoms with van der Waals surface area (Å²) in [5.41, 5.74) is 1.67. The van der Waals surface area contributed by atoms with Gasteiger partial charge in [-0.25, -0.2) is 26.3 Å². The van der Waals surface area contributed by atoms with Crippen LogP contribution in [0.3, 0.4) is 0 Å². The lowest BCUT2D eigenvalue weighted by atomic mass is 10.2. The molecule has 2 heterocycles. The summed E-state index contributed by atoms with van der Waals surface area (Å²) in [6.07, 6.45) is 0. The summed E-state index contributed by atoms with van der Waals surface area (Å²) in [5, 5.41) is 6.28. The van der Waals surface area contributed by atoms with Gasteiger partial charge in [-0.3, -0.25) is 9.98 Å². The smallest absolute Gasteiger partial charge is 0.240 e. The first kappa shape index (κ1) is 31.0. The molecule has 4 rings (SSSR count). The van der Waals surface area contributed by atoms with Gasteiger partial charge in [0.2, 0.25) is 20.0 Å².